The molecule has 1 spiro atoms. The summed E-state index contributed by atoms with van der Waals surface area (Å²) in [5.74, 6) is -0.381. The molecule has 0 amide bonds. The van der Waals surface area contributed by atoms with Crippen LogP contribution in [-0.2, 0) is 30.3 Å². The minimum atomic E-state index is -0.476. The molecule has 5 nitrogen and oxygen atoms in total. The number of allylic oxidation sites excluding steroid dienone is 1. The van der Waals surface area contributed by atoms with E-state index in [0.29, 0.717) is 33.0 Å². The zero-order valence-corrected chi connectivity index (χ0v) is 16.8. The van der Waals surface area contributed by atoms with Crippen LogP contribution in [-0.4, -0.2) is 38.2 Å². The number of hydrogen-bond donors (Lipinski definition) is 0. The lowest BCUT2D eigenvalue weighted by molar-refractivity contribution is -0.200. The third kappa shape index (κ3) is 5.90. The molecule has 0 radical (unpaired) electrons. The molecule has 1 saturated carbocycles. The van der Waals surface area contributed by atoms with E-state index in [1.165, 1.54) is 5.56 Å². The maximum atomic E-state index is 12.4. The van der Waals surface area contributed by atoms with Crippen LogP contribution in [0.5, 0.6) is 0 Å². The van der Waals surface area contributed by atoms with E-state index in [4.69, 9.17) is 18.9 Å². The van der Waals surface area contributed by atoms with Gasteiger partial charge in [-0.15, -0.1) is 0 Å². The molecule has 1 heterocycles. The summed E-state index contributed by atoms with van der Waals surface area (Å²) in [6, 6.07) is 10.2. The Morgan fingerprint density at radius 1 is 1.21 bits per heavy atom. The van der Waals surface area contributed by atoms with Crippen LogP contribution in [0.15, 0.2) is 42.5 Å². The first-order valence-corrected chi connectivity index (χ1v) is 10.4. The molecule has 154 valence electrons. The van der Waals surface area contributed by atoms with Crippen molar-refractivity contribution >= 4 is 5.97 Å². The number of hydrogen-bond acceptors (Lipinski definition) is 5. The average Bonchev–Trinajstić information content (AvgIpc) is 3.16. The van der Waals surface area contributed by atoms with Crippen molar-refractivity contribution in [2.45, 2.75) is 51.4 Å². The molecule has 0 aromatic heterocycles. The number of carbonyl (C=O) groups excluding carboxylic acids is 1. The molecule has 3 rings (SSSR count). The molecular formula is C23H32O5. The van der Waals surface area contributed by atoms with Gasteiger partial charge >= 0.3 is 5.97 Å². The Morgan fingerprint density at radius 2 is 2.00 bits per heavy atom. The monoisotopic (exact) mass is 388 g/mol. The summed E-state index contributed by atoms with van der Waals surface area (Å²) in [6.45, 7) is 4.80. The Kier molecular flexibility index (Phi) is 8.07. The van der Waals surface area contributed by atoms with Crippen molar-refractivity contribution in [3.63, 3.8) is 0 Å². The second-order valence-corrected chi connectivity index (χ2v) is 7.52. The first-order valence-electron chi connectivity index (χ1n) is 10.4. The topological polar surface area (TPSA) is 54.0 Å². The van der Waals surface area contributed by atoms with Gasteiger partial charge in [0, 0.05) is 12.8 Å². The first kappa shape index (κ1) is 21.0. The number of esters is 1. The van der Waals surface area contributed by atoms with Gasteiger partial charge in [0.25, 0.3) is 0 Å². The molecule has 1 aliphatic heterocycles. The first-order chi connectivity index (χ1) is 13.7. The Morgan fingerprint density at radius 3 is 2.75 bits per heavy atom. The van der Waals surface area contributed by atoms with Crippen LogP contribution in [0.2, 0.25) is 0 Å². The lowest BCUT2D eigenvalue weighted by Crippen LogP contribution is -2.43. The second-order valence-electron chi connectivity index (χ2n) is 7.52. The smallest absolute Gasteiger partial charge is 0.309 e. The molecule has 5 heteroatoms. The van der Waals surface area contributed by atoms with Gasteiger partial charge in [-0.1, -0.05) is 42.5 Å². The Labute approximate surface area is 168 Å². The highest BCUT2D eigenvalue weighted by Crippen LogP contribution is 2.44. The van der Waals surface area contributed by atoms with Crippen molar-refractivity contribution in [2.75, 3.05) is 26.4 Å². The lowest BCUT2D eigenvalue weighted by Gasteiger charge is -2.40. The van der Waals surface area contributed by atoms with Crippen molar-refractivity contribution in [3.05, 3.63) is 48.0 Å². The summed E-state index contributed by atoms with van der Waals surface area (Å²) < 4.78 is 22.8. The van der Waals surface area contributed by atoms with Gasteiger partial charge in [0.05, 0.1) is 39.0 Å². The molecule has 0 unspecified atom stereocenters. The fourth-order valence-electron chi connectivity index (χ4n) is 4.19. The number of ether oxygens (including phenoxy) is 4. The van der Waals surface area contributed by atoms with E-state index in [0.717, 1.165) is 32.1 Å². The van der Waals surface area contributed by atoms with E-state index in [-0.39, 0.29) is 17.8 Å². The van der Waals surface area contributed by atoms with E-state index >= 15 is 0 Å². The number of benzene rings is 1. The predicted octanol–water partition coefficient (Wildman–Crippen LogP) is 4.26. The fraction of sp³-hybridized carbons (Fsp3) is 0.609. The van der Waals surface area contributed by atoms with Crippen LogP contribution in [0, 0.1) is 11.8 Å². The molecule has 1 aromatic carbocycles. The van der Waals surface area contributed by atoms with Crippen molar-refractivity contribution in [2.24, 2.45) is 11.8 Å². The highest BCUT2D eigenvalue weighted by atomic mass is 16.7. The highest BCUT2D eigenvalue weighted by Gasteiger charge is 2.47. The molecule has 1 aliphatic carbocycles. The van der Waals surface area contributed by atoms with Crippen LogP contribution >= 0.6 is 0 Å². The van der Waals surface area contributed by atoms with E-state index in [1.807, 2.05) is 25.1 Å². The van der Waals surface area contributed by atoms with Gasteiger partial charge in [-0.25, -0.2) is 0 Å². The van der Waals surface area contributed by atoms with Crippen molar-refractivity contribution in [1.82, 2.24) is 0 Å². The summed E-state index contributed by atoms with van der Waals surface area (Å²) in [5.41, 5.74) is 1.18. The molecule has 2 aliphatic rings. The zero-order chi connectivity index (χ0) is 19.7. The molecule has 1 aromatic rings. The minimum absolute atomic E-state index is 0.0545. The van der Waals surface area contributed by atoms with Crippen molar-refractivity contribution in [3.8, 4) is 0 Å². The Balaban J connectivity index is 1.44. The normalized spacial score (nSPS) is 24.0. The van der Waals surface area contributed by atoms with Gasteiger partial charge in [-0.2, -0.15) is 0 Å². The van der Waals surface area contributed by atoms with Crippen LogP contribution in [0.4, 0.5) is 0 Å². The van der Waals surface area contributed by atoms with Gasteiger partial charge < -0.3 is 18.9 Å². The molecule has 1 saturated heterocycles. The average molecular weight is 389 g/mol. The van der Waals surface area contributed by atoms with Crippen molar-refractivity contribution in [1.29, 1.82) is 0 Å². The summed E-state index contributed by atoms with van der Waals surface area (Å²) in [6.07, 6.45) is 8.35. The second kappa shape index (κ2) is 10.7. The maximum Gasteiger partial charge on any atom is 0.309 e. The van der Waals surface area contributed by atoms with E-state index in [2.05, 4.69) is 24.3 Å². The molecule has 2 atom stereocenters. The SMILES string of the molecule is CCOC(=O)[C@H]1CCC2(C[C@@H]1CC/C=C\COCc1ccccc1)OCCO2. The van der Waals surface area contributed by atoms with Crippen LogP contribution in [0.3, 0.4) is 0 Å². The minimum Gasteiger partial charge on any atom is -0.466 e. The number of carbonyl (C=O) groups is 1. The molecule has 2 fully saturated rings. The molecule has 0 bridgehead atoms. The molecular weight excluding hydrogens is 356 g/mol. The van der Waals surface area contributed by atoms with Crippen molar-refractivity contribution < 1.29 is 23.7 Å². The molecule has 0 N–H and O–H groups in total. The van der Waals surface area contributed by atoms with Crippen LogP contribution in [0.25, 0.3) is 0 Å². The molecule has 28 heavy (non-hydrogen) atoms. The lowest BCUT2D eigenvalue weighted by atomic mass is 9.74. The highest BCUT2D eigenvalue weighted by molar-refractivity contribution is 5.73. The van der Waals surface area contributed by atoms with Gasteiger partial charge in [0.1, 0.15) is 0 Å². The van der Waals surface area contributed by atoms with E-state index in [1.54, 1.807) is 0 Å². The van der Waals surface area contributed by atoms with Gasteiger partial charge in [-0.3, -0.25) is 4.79 Å². The number of rotatable bonds is 9. The fourth-order valence-corrected chi connectivity index (χ4v) is 4.19. The summed E-state index contributed by atoms with van der Waals surface area (Å²) >= 11 is 0. The predicted molar refractivity (Wildman–Crippen MR) is 107 cm³/mol. The Hall–Kier alpha value is -1.69. The van der Waals surface area contributed by atoms with Gasteiger partial charge in [0.15, 0.2) is 5.79 Å². The quantitative estimate of drug-likeness (QED) is 0.359. The summed E-state index contributed by atoms with van der Waals surface area (Å²) in [4.78, 5) is 12.4. The third-order valence-electron chi connectivity index (χ3n) is 5.58. The van der Waals surface area contributed by atoms with Gasteiger partial charge in [0.2, 0.25) is 0 Å². The van der Waals surface area contributed by atoms with Crippen LogP contribution < -0.4 is 0 Å². The van der Waals surface area contributed by atoms with Crippen LogP contribution in [0.1, 0.15) is 44.6 Å². The Bertz CT molecular complexity index is 621. The van der Waals surface area contributed by atoms with E-state index in [9.17, 15) is 4.79 Å². The third-order valence-corrected chi connectivity index (χ3v) is 5.58. The summed E-state index contributed by atoms with van der Waals surface area (Å²) in [5, 5.41) is 0. The standard InChI is InChI=1S/C23H32O5/c1-2-26-22(24)21-12-13-23(27-15-16-28-23)17-20(21)11-7-4-8-14-25-18-19-9-5-3-6-10-19/h3-6,8-10,20-21H,2,7,11-18H2,1H3/b8-4-/t20-,21-/m0/s1. The summed E-state index contributed by atoms with van der Waals surface area (Å²) in [7, 11) is 0. The van der Waals surface area contributed by atoms with E-state index < -0.39 is 5.79 Å². The largest absolute Gasteiger partial charge is 0.466 e. The zero-order valence-electron chi connectivity index (χ0n) is 16.8. The maximum absolute atomic E-state index is 12.4. The van der Waals surface area contributed by atoms with Gasteiger partial charge in [-0.05, 0) is 37.7 Å².